The topological polar surface area (TPSA) is 72.2 Å². The number of aryl methyl sites for hydroxylation is 1. The van der Waals surface area contributed by atoms with Crippen LogP contribution in [-0.2, 0) is 4.79 Å². The molecule has 0 spiro atoms. The maximum absolute atomic E-state index is 11.9. The normalized spacial score (nSPS) is 10.5. The fraction of sp³-hybridized carbons (Fsp3) is 0.0588. The summed E-state index contributed by atoms with van der Waals surface area (Å²) in [6.45, 7) is 1.99. The van der Waals surface area contributed by atoms with E-state index in [1.54, 1.807) is 30.3 Å². The van der Waals surface area contributed by atoms with E-state index in [9.17, 15) is 9.59 Å². The molecule has 4 nitrogen and oxygen atoms in total. The van der Waals surface area contributed by atoms with Crippen LogP contribution in [0.3, 0.4) is 0 Å². The number of carbonyl (C=O) groups excluding carboxylic acids is 2. The predicted molar refractivity (Wildman–Crippen MR) is 83.8 cm³/mol. The average molecular weight is 280 g/mol. The van der Waals surface area contributed by atoms with Gasteiger partial charge in [-0.3, -0.25) is 9.59 Å². The van der Waals surface area contributed by atoms with Crippen LogP contribution in [0.4, 0.5) is 5.69 Å². The lowest BCUT2D eigenvalue weighted by Crippen LogP contribution is -2.16. The van der Waals surface area contributed by atoms with Crippen molar-refractivity contribution in [2.24, 2.45) is 5.73 Å². The zero-order chi connectivity index (χ0) is 15.2. The van der Waals surface area contributed by atoms with Gasteiger partial charge in [0.2, 0.25) is 5.91 Å². The van der Waals surface area contributed by atoms with Gasteiger partial charge in [-0.25, -0.2) is 0 Å². The molecular weight excluding hydrogens is 264 g/mol. The van der Waals surface area contributed by atoms with Crippen molar-refractivity contribution in [2.75, 3.05) is 5.32 Å². The zero-order valence-corrected chi connectivity index (χ0v) is 11.7. The van der Waals surface area contributed by atoms with Gasteiger partial charge in [-0.15, -0.1) is 0 Å². The van der Waals surface area contributed by atoms with Gasteiger partial charge in [0.15, 0.2) is 0 Å². The smallest absolute Gasteiger partial charge is 0.250 e. The van der Waals surface area contributed by atoms with Gasteiger partial charge in [-0.2, -0.15) is 0 Å². The molecule has 4 heteroatoms. The number of rotatable bonds is 4. The molecule has 2 aromatic carbocycles. The minimum absolute atomic E-state index is 0.287. The number of hydrogen-bond acceptors (Lipinski definition) is 2. The molecular formula is C17H16N2O2. The maximum Gasteiger partial charge on any atom is 0.250 e. The second-order valence-electron chi connectivity index (χ2n) is 4.65. The van der Waals surface area contributed by atoms with Crippen molar-refractivity contribution in [1.29, 1.82) is 0 Å². The molecule has 2 aromatic rings. The predicted octanol–water partition coefficient (Wildman–Crippen LogP) is 2.75. The molecule has 3 N–H and O–H groups in total. The van der Waals surface area contributed by atoms with Crippen LogP contribution >= 0.6 is 0 Å². The number of nitrogens with two attached hydrogens (primary N) is 1. The summed E-state index contributed by atoms with van der Waals surface area (Å²) >= 11 is 0. The molecule has 2 amide bonds. The molecule has 106 valence electrons. The van der Waals surface area contributed by atoms with Crippen LogP contribution in [-0.4, -0.2) is 11.8 Å². The Morgan fingerprint density at radius 1 is 1.10 bits per heavy atom. The van der Waals surface area contributed by atoms with Gasteiger partial charge < -0.3 is 11.1 Å². The van der Waals surface area contributed by atoms with Gasteiger partial charge in [0.1, 0.15) is 0 Å². The summed E-state index contributed by atoms with van der Waals surface area (Å²) in [6, 6.07) is 14.4. The SMILES string of the molecule is Cc1cccc(/C=C/C(=O)Nc2ccccc2C(N)=O)c1. The molecule has 0 aliphatic carbocycles. The second kappa shape index (κ2) is 6.52. The van der Waals surface area contributed by atoms with Crippen LogP contribution < -0.4 is 11.1 Å². The van der Waals surface area contributed by atoms with Crippen LogP contribution in [0.1, 0.15) is 21.5 Å². The largest absolute Gasteiger partial charge is 0.366 e. The van der Waals surface area contributed by atoms with E-state index in [1.807, 2.05) is 31.2 Å². The summed E-state index contributed by atoms with van der Waals surface area (Å²) in [7, 11) is 0. The van der Waals surface area contributed by atoms with Crippen LogP contribution in [0.5, 0.6) is 0 Å². The van der Waals surface area contributed by atoms with Gasteiger partial charge in [0.05, 0.1) is 11.3 Å². The van der Waals surface area contributed by atoms with Crippen molar-refractivity contribution in [2.45, 2.75) is 6.92 Å². The number of para-hydroxylation sites is 1. The monoisotopic (exact) mass is 280 g/mol. The molecule has 0 heterocycles. The van der Waals surface area contributed by atoms with Gasteiger partial charge in [0.25, 0.3) is 5.91 Å². The summed E-state index contributed by atoms with van der Waals surface area (Å²) in [4.78, 5) is 23.2. The van der Waals surface area contributed by atoms with Crippen LogP contribution in [0.15, 0.2) is 54.6 Å². The molecule has 0 unspecified atom stereocenters. The van der Waals surface area contributed by atoms with Gasteiger partial charge in [-0.1, -0.05) is 42.0 Å². The van der Waals surface area contributed by atoms with Crippen molar-refractivity contribution in [3.05, 3.63) is 71.3 Å². The quantitative estimate of drug-likeness (QED) is 0.845. The summed E-state index contributed by atoms with van der Waals surface area (Å²) in [5, 5.41) is 2.65. The minimum Gasteiger partial charge on any atom is -0.366 e. The van der Waals surface area contributed by atoms with Crippen molar-refractivity contribution >= 4 is 23.6 Å². The molecule has 0 saturated heterocycles. The molecule has 0 aliphatic rings. The van der Waals surface area contributed by atoms with E-state index in [0.717, 1.165) is 11.1 Å². The molecule has 0 fully saturated rings. The first-order valence-electron chi connectivity index (χ1n) is 6.51. The molecule has 21 heavy (non-hydrogen) atoms. The Labute approximate surface area is 123 Å². The number of hydrogen-bond donors (Lipinski definition) is 2. The van der Waals surface area contributed by atoms with E-state index in [0.29, 0.717) is 5.69 Å². The first-order valence-corrected chi connectivity index (χ1v) is 6.51. The molecule has 0 radical (unpaired) electrons. The van der Waals surface area contributed by atoms with Gasteiger partial charge in [0, 0.05) is 6.08 Å². The number of anilines is 1. The summed E-state index contributed by atoms with van der Waals surface area (Å²) in [6.07, 6.45) is 3.14. The summed E-state index contributed by atoms with van der Waals surface area (Å²) in [5.74, 6) is -0.890. The highest BCUT2D eigenvalue weighted by Crippen LogP contribution is 2.14. The number of carbonyl (C=O) groups is 2. The van der Waals surface area contributed by atoms with Crippen molar-refractivity contribution in [3.8, 4) is 0 Å². The molecule has 2 rings (SSSR count). The van der Waals surface area contributed by atoms with Crippen molar-refractivity contribution in [1.82, 2.24) is 0 Å². The highest BCUT2D eigenvalue weighted by molar-refractivity contribution is 6.07. The zero-order valence-electron chi connectivity index (χ0n) is 11.7. The Balaban J connectivity index is 2.10. The highest BCUT2D eigenvalue weighted by atomic mass is 16.2. The standard InChI is InChI=1S/C17H16N2O2/c1-12-5-4-6-13(11-12)9-10-16(20)19-15-8-3-2-7-14(15)17(18)21/h2-11H,1H3,(H2,18,21)(H,19,20)/b10-9+. The summed E-state index contributed by atoms with van der Waals surface area (Å²) < 4.78 is 0. The van der Waals surface area contributed by atoms with Gasteiger partial charge in [-0.05, 0) is 30.7 Å². The average Bonchev–Trinajstić information content (AvgIpc) is 2.45. The van der Waals surface area contributed by atoms with Crippen molar-refractivity contribution < 1.29 is 9.59 Å². The molecule has 0 bridgehead atoms. The Kier molecular flexibility index (Phi) is 4.51. The number of nitrogens with one attached hydrogen (secondary N) is 1. The number of amides is 2. The lowest BCUT2D eigenvalue weighted by Gasteiger charge is -2.06. The van der Waals surface area contributed by atoms with E-state index >= 15 is 0 Å². The van der Waals surface area contributed by atoms with Crippen molar-refractivity contribution in [3.63, 3.8) is 0 Å². The number of primary amides is 1. The fourth-order valence-electron chi connectivity index (χ4n) is 1.93. The van der Waals surface area contributed by atoms with Crippen LogP contribution in [0.2, 0.25) is 0 Å². The molecule has 0 atom stereocenters. The molecule has 0 aliphatic heterocycles. The molecule has 0 aromatic heterocycles. The van der Waals surface area contributed by atoms with E-state index < -0.39 is 5.91 Å². The lowest BCUT2D eigenvalue weighted by molar-refractivity contribution is -0.111. The third-order valence-electron chi connectivity index (χ3n) is 2.92. The Hall–Kier alpha value is -2.88. The van der Waals surface area contributed by atoms with E-state index in [-0.39, 0.29) is 11.5 Å². The third-order valence-corrected chi connectivity index (χ3v) is 2.92. The Morgan fingerprint density at radius 2 is 1.86 bits per heavy atom. The van der Waals surface area contributed by atoms with Crippen LogP contribution in [0.25, 0.3) is 6.08 Å². The minimum atomic E-state index is -0.575. The fourth-order valence-corrected chi connectivity index (χ4v) is 1.93. The first-order chi connectivity index (χ1) is 10.1. The molecule has 0 saturated carbocycles. The van der Waals surface area contributed by atoms with Gasteiger partial charge >= 0.3 is 0 Å². The number of benzene rings is 2. The maximum atomic E-state index is 11.9. The van der Waals surface area contributed by atoms with E-state index in [2.05, 4.69) is 5.32 Å². The van der Waals surface area contributed by atoms with E-state index in [1.165, 1.54) is 6.08 Å². The lowest BCUT2D eigenvalue weighted by atomic mass is 10.1. The Bertz CT molecular complexity index is 705. The second-order valence-corrected chi connectivity index (χ2v) is 4.65. The van der Waals surface area contributed by atoms with E-state index in [4.69, 9.17) is 5.73 Å². The summed E-state index contributed by atoms with van der Waals surface area (Å²) in [5.41, 5.74) is 8.02. The van der Waals surface area contributed by atoms with Crippen LogP contribution in [0, 0.1) is 6.92 Å². The third kappa shape index (κ3) is 4.04. The first kappa shape index (κ1) is 14.5. The Morgan fingerprint density at radius 3 is 2.57 bits per heavy atom. The highest BCUT2D eigenvalue weighted by Gasteiger charge is 2.08.